The van der Waals surface area contributed by atoms with Crippen LogP contribution in [-0.2, 0) is 25.4 Å². The molecule has 154 valence electrons. The number of benzene rings is 1. The first-order chi connectivity index (χ1) is 13.8. The van der Waals surface area contributed by atoms with Gasteiger partial charge in [-0.15, -0.1) is 0 Å². The number of aryl methyl sites for hydroxylation is 1. The third-order valence-electron chi connectivity index (χ3n) is 4.66. The van der Waals surface area contributed by atoms with Crippen LogP contribution in [0.15, 0.2) is 33.9 Å². The molecule has 2 heterocycles. The average Bonchev–Trinajstić information content (AvgIpc) is 3.09. The van der Waals surface area contributed by atoms with Crippen LogP contribution in [0.1, 0.15) is 10.5 Å². The van der Waals surface area contributed by atoms with Gasteiger partial charge >= 0.3 is 5.69 Å². The maximum Gasteiger partial charge on any atom is 0.332 e. The van der Waals surface area contributed by atoms with Crippen molar-refractivity contribution in [3.05, 3.63) is 55.8 Å². The van der Waals surface area contributed by atoms with Crippen LogP contribution < -0.4 is 21.3 Å². The van der Waals surface area contributed by atoms with Crippen LogP contribution >= 0.6 is 11.6 Å². The molecule has 0 spiro atoms. The zero-order valence-corrected chi connectivity index (χ0v) is 17.2. The molecular weight excluding hydrogens is 400 g/mol. The molecule has 0 atom stereocenters. The van der Waals surface area contributed by atoms with E-state index in [4.69, 9.17) is 21.1 Å². The molecule has 29 heavy (non-hydrogen) atoms. The number of carbonyl (C=O) groups excluding carboxylic acids is 1. The van der Waals surface area contributed by atoms with E-state index in [1.807, 2.05) is 0 Å². The van der Waals surface area contributed by atoms with Gasteiger partial charge in [-0.2, -0.15) is 0 Å². The van der Waals surface area contributed by atoms with E-state index in [2.05, 4.69) is 5.32 Å². The molecule has 0 aliphatic heterocycles. The number of carbonyl (C=O) groups is 1. The highest BCUT2D eigenvalue weighted by atomic mass is 35.5. The molecule has 0 fully saturated rings. The van der Waals surface area contributed by atoms with E-state index < -0.39 is 17.2 Å². The molecule has 0 unspecified atom stereocenters. The highest BCUT2D eigenvalue weighted by Gasteiger charge is 2.22. The van der Waals surface area contributed by atoms with Crippen molar-refractivity contribution in [1.82, 2.24) is 13.7 Å². The van der Waals surface area contributed by atoms with Crippen molar-refractivity contribution < 1.29 is 14.3 Å². The summed E-state index contributed by atoms with van der Waals surface area (Å²) in [6.45, 7) is 0.559. The second-order valence-electron chi connectivity index (χ2n) is 6.42. The number of amides is 1. The highest BCUT2D eigenvalue weighted by Crippen LogP contribution is 2.28. The van der Waals surface area contributed by atoms with Crippen LogP contribution in [-0.4, -0.2) is 40.4 Å². The molecule has 0 bridgehead atoms. The average molecular weight is 421 g/mol. The molecule has 0 aliphatic carbocycles. The highest BCUT2D eigenvalue weighted by molar-refractivity contribution is 6.31. The second-order valence-corrected chi connectivity index (χ2v) is 6.85. The van der Waals surface area contributed by atoms with Crippen LogP contribution in [0.2, 0.25) is 5.02 Å². The predicted octanol–water partition coefficient (Wildman–Crippen LogP) is 1.60. The zero-order chi connectivity index (χ0) is 21.3. The van der Waals surface area contributed by atoms with E-state index >= 15 is 0 Å². The molecule has 3 aromatic rings. The third kappa shape index (κ3) is 3.66. The first-order valence-electron chi connectivity index (χ1n) is 8.73. The number of fused-ring (bicyclic) bond motifs is 1. The molecule has 9 nitrogen and oxygen atoms in total. The van der Waals surface area contributed by atoms with Gasteiger partial charge in [0.15, 0.2) is 0 Å². The van der Waals surface area contributed by atoms with Gasteiger partial charge in [0.2, 0.25) is 0 Å². The Kier molecular flexibility index (Phi) is 5.81. The number of nitrogens with zero attached hydrogens (tertiary/aromatic N) is 3. The summed E-state index contributed by atoms with van der Waals surface area (Å²) in [7, 11) is 5.95. The molecule has 10 heteroatoms. The maximum absolute atomic E-state index is 13.1. The molecule has 1 amide bonds. The SMILES string of the molecule is COCCn1c(C(=O)Nc2cc(Cl)ccc2OC)cc2c(=O)n(C)c(=O)n(C)c21. The Morgan fingerprint density at radius 1 is 1.14 bits per heavy atom. The van der Waals surface area contributed by atoms with E-state index in [1.165, 1.54) is 31.9 Å². The van der Waals surface area contributed by atoms with Crippen molar-refractivity contribution in [2.45, 2.75) is 6.54 Å². The van der Waals surface area contributed by atoms with Crippen LogP contribution in [0, 0.1) is 0 Å². The van der Waals surface area contributed by atoms with Crippen LogP contribution in [0.25, 0.3) is 11.0 Å². The molecule has 0 saturated heterocycles. The lowest BCUT2D eigenvalue weighted by Crippen LogP contribution is -2.37. The largest absolute Gasteiger partial charge is 0.495 e. The van der Waals surface area contributed by atoms with Gasteiger partial charge in [0, 0.05) is 32.8 Å². The Labute approximate surface area is 171 Å². The number of methoxy groups -OCH3 is 2. The molecule has 3 rings (SSSR count). The maximum atomic E-state index is 13.1. The number of rotatable bonds is 6. The summed E-state index contributed by atoms with van der Waals surface area (Å²) in [5, 5.41) is 3.44. The lowest BCUT2D eigenvalue weighted by Gasteiger charge is -2.14. The summed E-state index contributed by atoms with van der Waals surface area (Å²) in [5.74, 6) is -0.0435. The first-order valence-corrected chi connectivity index (χ1v) is 9.11. The fourth-order valence-corrected chi connectivity index (χ4v) is 3.37. The molecule has 0 aliphatic rings. The molecule has 2 aromatic heterocycles. The zero-order valence-electron chi connectivity index (χ0n) is 16.5. The summed E-state index contributed by atoms with van der Waals surface area (Å²) in [5.41, 5.74) is -0.0255. The van der Waals surface area contributed by atoms with Gasteiger partial charge < -0.3 is 19.4 Å². The van der Waals surface area contributed by atoms with Crippen molar-refractivity contribution in [2.24, 2.45) is 14.1 Å². The second kappa shape index (κ2) is 8.14. The fraction of sp³-hybridized carbons (Fsp3) is 0.316. The number of hydrogen-bond acceptors (Lipinski definition) is 5. The fourth-order valence-electron chi connectivity index (χ4n) is 3.20. The van der Waals surface area contributed by atoms with Crippen molar-refractivity contribution >= 4 is 34.2 Å². The minimum Gasteiger partial charge on any atom is -0.495 e. The number of anilines is 1. The summed E-state index contributed by atoms with van der Waals surface area (Å²) in [6, 6.07) is 6.32. The van der Waals surface area contributed by atoms with Gasteiger partial charge in [0.25, 0.3) is 11.5 Å². The van der Waals surface area contributed by atoms with E-state index in [1.54, 1.807) is 29.8 Å². The van der Waals surface area contributed by atoms with Crippen LogP contribution in [0.4, 0.5) is 5.69 Å². The van der Waals surface area contributed by atoms with Gasteiger partial charge in [0.05, 0.1) is 24.8 Å². The minimum atomic E-state index is -0.484. The minimum absolute atomic E-state index is 0.206. The number of ether oxygens (including phenoxy) is 2. The molecule has 1 aromatic carbocycles. The van der Waals surface area contributed by atoms with Crippen molar-refractivity contribution in [1.29, 1.82) is 0 Å². The lowest BCUT2D eigenvalue weighted by atomic mass is 10.2. The quantitative estimate of drug-likeness (QED) is 0.653. The van der Waals surface area contributed by atoms with E-state index in [0.717, 1.165) is 4.57 Å². The summed E-state index contributed by atoms with van der Waals surface area (Å²) < 4.78 is 14.3. The van der Waals surface area contributed by atoms with E-state index in [0.29, 0.717) is 22.1 Å². The Balaban J connectivity index is 2.18. The predicted molar refractivity (Wildman–Crippen MR) is 110 cm³/mol. The van der Waals surface area contributed by atoms with E-state index in [-0.39, 0.29) is 24.2 Å². The van der Waals surface area contributed by atoms with Crippen molar-refractivity contribution in [3.8, 4) is 5.75 Å². The van der Waals surface area contributed by atoms with Crippen LogP contribution in [0.3, 0.4) is 0 Å². The Hall–Kier alpha value is -3.04. The summed E-state index contributed by atoms with van der Waals surface area (Å²) in [6.07, 6.45) is 0. The number of halogens is 1. The van der Waals surface area contributed by atoms with Gasteiger partial charge in [-0.25, -0.2) is 4.79 Å². The normalized spacial score (nSPS) is 11.1. The van der Waals surface area contributed by atoms with Gasteiger partial charge in [-0.05, 0) is 24.3 Å². The standard InChI is InChI=1S/C19H21ClN4O5/c1-22-17-12(18(26)23(2)19(22)27)10-14(24(17)7-8-28-3)16(25)21-13-9-11(20)5-6-15(13)29-4/h5-6,9-10H,7-8H2,1-4H3,(H,21,25). The topological polar surface area (TPSA) is 96.5 Å². The van der Waals surface area contributed by atoms with Crippen molar-refractivity contribution in [2.75, 3.05) is 26.1 Å². The Morgan fingerprint density at radius 2 is 1.86 bits per heavy atom. The third-order valence-corrected chi connectivity index (χ3v) is 4.89. The van der Waals surface area contributed by atoms with Gasteiger partial charge in [-0.3, -0.25) is 18.7 Å². The van der Waals surface area contributed by atoms with Crippen molar-refractivity contribution in [3.63, 3.8) is 0 Å². The molecule has 0 saturated carbocycles. The monoisotopic (exact) mass is 420 g/mol. The summed E-state index contributed by atoms with van der Waals surface area (Å²) in [4.78, 5) is 38.0. The first kappa shape index (κ1) is 20.7. The number of hydrogen-bond donors (Lipinski definition) is 1. The molecule has 0 radical (unpaired) electrons. The van der Waals surface area contributed by atoms with E-state index in [9.17, 15) is 14.4 Å². The summed E-state index contributed by atoms with van der Waals surface area (Å²) >= 11 is 6.03. The number of nitrogens with one attached hydrogen (secondary N) is 1. The lowest BCUT2D eigenvalue weighted by molar-refractivity contribution is 0.101. The Morgan fingerprint density at radius 3 is 2.52 bits per heavy atom. The van der Waals surface area contributed by atoms with Gasteiger partial charge in [-0.1, -0.05) is 11.6 Å². The Bertz CT molecular complexity index is 1210. The smallest absolute Gasteiger partial charge is 0.332 e. The molecular formula is C19H21ClN4O5. The molecule has 1 N–H and O–H groups in total. The van der Waals surface area contributed by atoms with Crippen LogP contribution in [0.5, 0.6) is 5.75 Å². The van der Waals surface area contributed by atoms with Gasteiger partial charge in [0.1, 0.15) is 17.1 Å². The number of aromatic nitrogens is 3.